The van der Waals surface area contributed by atoms with Crippen molar-refractivity contribution in [2.75, 3.05) is 17.2 Å². The van der Waals surface area contributed by atoms with Gasteiger partial charge in [-0.15, -0.1) is 0 Å². The molecule has 3 amide bonds. The van der Waals surface area contributed by atoms with Crippen molar-refractivity contribution < 1.29 is 14.0 Å². The Balaban J connectivity index is 1.91. The summed E-state index contributed by atoms with van der Waals surface area (Å²) in [5.41, 5.74) is 0.930. The molecule has 3 rings (SSSR count). The molecule has 132 valence electrons. The molecule has 0 saturated carbocycles. The van der Waals surface area contributed by atoms with E-state index < -0.39 is 11.8 Å². The molecule has 6 nitrogen and oxygen atoms in total. The van der Waals surface area contributed by atoms with Gasteiger partial charge in [0.25, 0.3) is 5.91 Å². The minimum Gasteiger partial charge on any atom is -0.338 e. The number of nitrogens with zero attached hydrogens (tertiary/aromatic N) is 1. The van der Waals surface area contributed by atoms with Crippen LogP contribution in [0.5, 0.6) is 0 Å². The lowest BCUT2D eigenvalue weighted by molar-refractivity contribution is 0.102. The monoisotopic (exact) mass is 352 g/mol. The van der Waals surface area contributed by atoms with Gasteiger partial charge in [0.05, 0.1) is 5.69 Å². The molecule has 0 aliphatic rings. The van der Waals surface area contributed by atoms with Crippen LogP contribution in [0.25, 0.3) is 10.8 Å². The maximum absolute atomic E-state index is 14.2. The van der Waals surface area contributed by atoms with E-state index in [1.54, 1.807) is 31.2 Å². The summed E-state index contributed by atoms with van der Waals surface area (Å²) in [5.74, 6) is -0.559. The molecule has 0 fully saturated rings. The van der Waals surface area contributed by atoms with E-state index in [4.69, 9.17) is 0 Å². The molecule has 1 heterocycles. The quantitative estimate of drug-likeness (QED) is 0.668. The molecule has 3 N–H and O–H groups in total. The van der Waals surface area contributed by atoms with Crippen LogP contribution < -0.4 is 16.0 Å². The molecular weight excluding hydrogens is 335 g/mol. The number of hydrogen-bond donors (Lipinski definition) is 3. The number of hydrogen-bond acceptors (Lipinski definition) is 3. The van der Waals surface area contributed by atoms with Crippen LogP contribution in [0.15, 0.2) is 54.7 Å². The van der Waals surface area contributed by atoms with Gasteiger partial charge in [-0.05, 0) is 37.3 Å². The number of anilines is 2. The zero-order valence-electron chi connectivity index (χ0n) is 14.0. The molecule has 2 aromatic carbocycles. The molecule has 0 aliphatic heterocycles. The van der Waals surface area contributed by atoms with Crippen molar-refractivity contribution in [1.29, 1.82) is 0 Å². The topological polar surface area (TPSA) is 83.1 Å². The Kier molecular flexibility index (Phi) is 5.07. The number of amides is 3. The first-order valence-corrected chi connectivity index (χ1v) is 8.08. The van der Waals surface area contributed by atoms with Crippen molar-refractivity contribution in [3.63, 3.8) is 0 Å². The number of carbonyl (C=O) groups is 2. The van der Waals surface area contributed by atoms with Crippen molar-refractivity contribution in [3.8, 4) is 0 Å². The van der Waals surface area contributed by atoms with E-state index in [1.165, 1.54) is 24.4 Å². The van der Waals surface area contributed by atoms with Crippen molar-refractivity contribution >= 4 is 34.2 Å². The molecule has 0 unspecified atom stereocenters. The molecule has 3 aromatic rings. The van der Waals surface area contributed by atoms with Crippen LogP contribution in [0.2, 0.25) is 0 Å². The highest BCUT2D eigenvalue weighted by Gasteiger charge is 2.12. The number of halogens is 1. The Morgan fingerprint density at radius 3 is 2.54 bits per heavy atom. The second kappa shape index (κ2) is 7.60. The molecular formula is C19H17FN4O2. The fraction of sp³-hybridized carbons (Fsp3) is 0.105. The lowest BCUT2D eigenvalue weighted by Crippen LogP contribution is -2.28. The number of nitrogens with one attached hydrogen (secondary N) is 3. The maximum atomic E-state index is 14.2. The van der Waals surface area contributed by atoms with E-state index >= 15 is 0 Å². The summed E-state index contributed by atoms with van der Waals surface area (Å²) in [6.07, 6.45) is 1.42. The van der Waals surface area contributed by atoms with Crippen LogP contribution in [-0.2, 0) is 0 Å². The normalized spacial score (nSPS) is 10.4. The highest BCUT2D eigenvalue weighted by molar-refractivity contribution is 6.09. The number of urea groups is 1. The summed E-state index contributed by atoms with van der Waals surface area (Å²) in [5, 5.41) is 8.56. The summed E-state index contributed by atoms with van der Waals surface area (Å²) in [6, 6.07) is 12.5. The van der Waals surface area contributed by atoms with Crippen LogP contribution in [0.1, 0.15) is 17.3 Å². The zero-order chi connectivity index (χ0) is 18.5. The average Bonchev–Trinajstić information content (AvgIpc) is 2.65. The second-order valence-electron chi connectivity index (χ2n) is 5.51. The Bertz CT molecular complexity index is 960. The van der Waals surface area contributed by atoms with E-state index in [0.717, 1.165) is 0 Å². The van der Waals surface area contributed by atoms with Crippen LogP contribution in [0.4, 0.5) is 20.7 Å². The lowest BCUT2D eigenvalue weighted by Gasteiger charge is -2.11. The minimum atomic E-state index is -0.473. The van der Waals surface area contributed by atoms with Crippen molar-refractivity contribution in [2.24, 2.45) is 0 Å². The SMILES string of the molecule is CCNC(=O)Nc1cc2c(F)ccc(NC(=O)c3ccccc3)c2cn1. The van der Waals surface area contributed by atoms with Crippen molar-refractivity contribution in [3.05, 3.63) is 66.1 Å². The summed E-state index contributed by atoms with van der Waals surface area (Å²) in [6.45, 7) is 2.25. The summed E-state index contributed by atoms with van der Waals surface area (Å²) < 4.78 is 14.2. The minimum absolute atomic E-state index is 0.217. The molecule has 1 aromatic heterocycles. The van der Waals surface area contributed by atoms with Gasteiger partial charge in [0.2, 0.25) is 0 Å². The predicted molar refractivity (Wildman–Crippen MR) is 98.8 cm³/mol. The van der Waals surface area contributed by atoms with E-state index in [0.29, 0.717) is 23.2 Å². The standard InChI is InChI=1S/C19H17FN4O2/c1-2-21-19(26)24-17-10-13-14(11-22-17)16(9-8-15(13)20)23-18(25)12-6-4-3-5-7-12/h3-11H,2H2,1H3,(H,23,25)(H2,21,22,24,26). The summed E-state index contributed by atoms with van der Waals surface area (Å²) in [7, 11) is 0. The lowest BCUT2D eigenvalue weighted by atomic mass is 10.1. The third-order valence-electron chi connectivity index (χ3n) is 3.71. The first-order valence-electron chi connectivity index (χ1n) is 8.08. The van der Waals surface area contributed by atoms with E-state index in [9.17, 15) is 14.0 Å². The largest absolute Gasteiger partial charge is 0.338 e. The maximum Gasteiger partial charge on any atom is 0.320 e. The fourth-order valence-corrected chi connectivity index (χ4v) is 2.49. The number of pyridine rings is 1. The van der Waals surface area contributed by atoms with Gasteiger partial charge in [-0.25, -0.2) is 14.2 Å². The fourth-order valence-electron chi connectivity index (χ4n) is 2.49. The number of aromatic nitrogens is 1. The van der Waals surface area contributed by atoms with Gasteiger partial charge in [0.1, 0.15) is 11.6 Å². The van der Waals surface area contributed by atoms with Crippen LogP contribution in [-0.4, -0.2) is 23.5 Å². The van der Waals surface area contributed by atoms with Gasteiger partial charge in [0.15, 0.2) is 0 Å². The Hall–Kier alpha value is -3.48. The van der Waals surface area contributed by atoms with E-state index in [-0.39, 0.29) is 17.1 Å². The van der Waals surface area contributed by atoms with Gasteiger partial charge in [0, 0.05) is 29.1 Å². The number of fused-ring (bicyclic) bond motifs is 1. The van der Waals surface area contributed by atoms with Crippen LogP contribution >= 0.6 is 0 Å². The number of rotatable bonds is 4. The molecule has 0 saturated heterocycles. The Morgan fingerprint density at radius 1 is 1.04 bits per heavy atom. The second-order valence-corrected chi connectivity index (χ2v) is 5.51. The third kappa shape index (κ3) is 3.77. The summed E-state index contributed by atoms with van der Waals surface area (Å²) in [4.78, 5) is 28.0. The molecule has 0 bridgehead atoms. The number of carbonyl (C=O) groups excluding carboxylic acids is 2. The first-order chi connectivity index (χ1) is 12.6. The summed E-state index contributed by atoms with van der Waals surface area (Å²) >= 11 is 0. The number of benzene rings is 2. The van der Waals surface area contributed by atoms with Gasteiger partial charge in [-0.2, -0.15) is 0 Å². The molecule has 7 heteroatoms. The van der Waals surface area contributed by atoms with E-state index in [2.05, 4.69) is 20.9 Å². The molecule has 0 aliphatic carbocycles. The van der Waals surface area contributed by atoms with Gasteiger partial charge < -0.3 is 10.6 Å². The van der Waals surface area contributed by atoms with Crippen molar-refractivity contribution in [1.82, 2.24) is 10.3 Å². The third-order valence-corrected chi connectivity index (χ3v) is 3.71. The molecule has 0 radical (unpaired) electrons. The van der Waals surface area contributed by atoms with Gasteiger partial charge in [-0.3, -0.25) is 10.1 Å². The van der Waals surface area contributed by atoms with E-state index in [1.807, 2.05) is 6.07 Å². The highest BCUT2D eigenvalue weighted by atomic mass is 19.1. The molecule has 0 atom stereocenters. The first kappa shape index (κ1) is 17.3. The Labute approximate surface area is 149 Å². The average molecular weight is 352 g/mol. The van der Waals surface area contributed by atoms with Crippen molar-refractivity contribution in [2.45, 2.75) is 6.92 Å². The van der Waals surface area contributed by atoms with Gasteiger partial charge in [-0.1, -0.05) is 18.2 Å². The highest BCUT2D eigenvalue weighted by Crippen LogP contribution is 2.27. The molecule has 26 heavy (non-hydrogen) atoms. The van der Waals surface area contributed by atoms with Crippen LogP contribution in [0, 0.1) is 5.82 Å². The molecule has 0 spiro atoms. The predicted octanol–water partition coefficient (Wildman–Crippen LogP) is 3.77. The Morgan fingerprint density at radius 2 is 1.81 bits per heavy atom. The zero-order valence-corrected chi connectivity index (χ0v) is 14.0. The van der Waals surface area contributed by atoms with Gasteiger partial charge >= 0.3 is 6.03 Å². The smallest absolute Gasteiger partial charge is 0.320 e. The van der Waals surface area contributed by atoms with Crippen LogP contribution in [0.3, 0.4) is 0 Å².